The number of methoxy groups -OCH3 is 1. The van der Waals surface area contributed by atoms with Crippen molar-refractivity contribution in [2.24, 2.45) is 5.92 Å². The van der Waals surface area contributed by atoms with Gasteiger partial charge in [-0.05, 0) is 32.2 Å². The molecule has 2 amide bonds. The fourth-order valence-electron chi connectivity index (χ4n) is 2.55. The highest BCUT2D eigenvalue weighted by Crippen LogP contribution is 2.15. The van der Waals surface area contributed by atoms with Crippen LogP contribution in [-0.4, -0.2) is 75.1 Å². The van der Waals surface area contributed by atoms with Crippen molar-refractivity contribution in [3.63, 3.8) is 0 Å². The Hall–Kier alpha value is -1.14. The predicted octanol–water partition coefficient (Wildman–Crippen LogP) is 0.329. The molecule has 0 aromatic carbocycles. The maximum Gasteiger partial charge on any atom is 0.236 e. The second-order valence-corrected chi connectivity index (χ2v) is 5.96. The Morgan fingerprint density at radius 1 is 1.38 bits per heavy atom. The number of carbonyl (C=O) groups excluding carboxylic acids is 2. The summed E-state index contributed by atoms with van der Waals surface area (Å²) in [5.74, 6) is 0.654. The summed E-state index contributed by atoms with van der Waals surface area (Å²) in [6, 6.07) is 0. The Bertz CT molecular complexity index is 336. The van der Waals surface area contributed by atoms with Gasteiger partial charge in [0, 0.05) is 33.4 Å². The maximum absolute atomic E-state index is 12.2. The smallest absolute Gasteiger partial charge is 0.236 e. The zero-order chi connectivity index (χ0) is 15.7. The highest BCUT2D eigenvalue weighted by atomic mass is 16.5. The van der Waals surface area contributed by atoms with Crippen molar-refractivity contribution in [3.8, 4) is 0 Å². The topological polar surface area (TPSA) is 61.9 Å². The van der Waals surface area contributed by atoms with Crippen LogP contribution in [0.4, 0.5) is 0 Å². The van der Waals surface area contributed by atoms with E-state index < -0.39 is 0 Å². The van der Waals surface area contributed by atoms with Gasteiger partial charge < -0.3 is 15.0 Å². The van der Waals surface area contributed by atoms with Crippen LogP contribution in [0.25, 0.3) is 0 Å². The molecule has 0 saturated carbocycles. The molecule has 0 aromatic rings. The van der Waals surface area contributed by atoms with E-state index in [9.17, 15) is 9.59 Å². The summed E-state index contributed by atoms with van der Waals surface area (Å²) in [5, 5.41) is 2.82. The van der Waals surface area contributed by atoms with Crippen LogP contribution >= 0.6 is 0 Å². The van der Waals surface area contributed by atoms with E-state index in [1.165, 1.54) is 6.42 Å². The molecular weight excluding hydrogens is 270 g/mol. The van der Waals surface area contributed by atoms with Gasteiger partial charge in [-0.25, -0.2) is 0 Å². The van der Waals surface area contributed by atoms with Crippen molar-refractivity contribution in [3.05, 3.63) is 0 Å². The van der Waals surface area contributed by atoms with E-state index in [1.54, 1.807) is 19.1 Å². The van der Waals surface area contributed by atoms with Gasteiger partial charge in [-0.3, -0.25) is 14.5 Å². The first-order valence-electron chi connectivity index (χ1n) is 7.75. The second-order valence-electron chi connectivity index (χ2n) is 5.96. The molecule has 1 rings (SSSR count). The third kappa shape index (κ3) is 7.43. The van der Waals surface area contributed by atoms with Gasteiger partial charge in [0.05, 0.1) is 13.1 Å². The van der Waals surface area contributed by atoms with Crippen LogP contribution in [0.3, 0.4) is 0 Å². The third-order valence-corrected chi connectivity index (χ3v) is 3.68. The van der Waals surface area contributed by atoms with Gasteiger partial charge in [-0.2, -0.15) is 0 Å². The van der Waals surface area contributed by atoms with Gasteiger partial charge in [0.15, 0.2) is 0 Å². The normalized spacial score (nSPS) is 18.9. The third-order valence-electron chi connectivity index (χ3n) is 3.68. The van der Waals surface area contributed by atoms with Crippen molar-refractivity contribution in [2.75, 3.05) is 53.5 Å². The highest BCUT2D eigenvalue weighted by Gasteiger charge is 2.22. The number of nitrogens with zero attached hydrogens (tertiary/aromatic N) is 2. The molecule has 0 bridgehead atoms. The van der Waals surface area contributed by atoms with E-state index in [0.717, 1.165) is 25.9 Å². The first kappa shape index (κ1) is 17.9. The Morgan fingerprint density at radius 2 is 2.14 bits per heavy atom. The maximum atomic E-state index is 12.2. The molecule has 0 spiro atoms. The molecule has 6 heteroatoms. The van der Waals surface area contributed by atoms with Crippen LogP contribution in [0.15, 0.2) is 0 Å². The number of hydrogen-bond acceptors (Lipinski definition) is 4. The lowest BCUT2D eigenvalue weighted by Crippen LogP contribution is -2.45. The molecule has 1 aliphatic rings. The summed E-state index contributed by atoms with van der Waals surface area (Å²) >= 11 is 0. The molecular formula is C15H29N3O3. The molecule has 0 aromatic heterocycles. The number of amides is 2. The number of likely N-dealkylation sites (N-methyl/N-ethyl adjacent to an activating group) is 1. The van der Waals surface area contributed by atoms with Crippen LogP contribution in [0.1, 0.15) is 26.2 Å². The molecule has 1 N–H and O–H groups in total. The number of carbonyl (C=O) groups is 2. The molecule has 21 heavy (non-hydrogen) atoms. The number of rotatable bonds is 8. The van der Waals surface area contributed by atoms with E-state index in [4.69, 9.17) is 4.74 Å². The van der Waals surface area contributed by atoms with E-state index in [-0.39, 0.29) is 18.4 Å². The van der Waals surface area contributed by atoms with Crippen molar-refractivity contribution in [1.29, 1.82) is 0 Å². The molecule has 0 radical (unpaired) electrons. The molecule has 1 heterocycles. The standard InChI is InChI=1S/C15H29N3O3/c1-13-6-4-8-18(10-13)15(20)12-17(2)11-14(19)16-7-5-9-21-3/h13H,4-12H2,1-3H3,(H,16,19). The minimum atomic E-state index is -0.0478. The van der Waals surface area contributed by atoms with Crippen molar-refractivity contribution < 1.29 is 14.3 Å². The summed E-state index contributed by atoms with van der Waals surface area (Å²) in [6.07, 6.45) is 3.08. The van der Waals surface area contributed by atoms with Crippen molar-refractivity contribution in [1.82, 2.24) is 15.1 Å². The first-order chi connectivity index (χ1) is 10.0. The van der Waals surface area contributed by atoms with Crippen LogP contribution < -0.4 is 5.32 Å². The van der Waals surface area contributed by atoms with Gasteiger partial charge in [0.1, 0.15) is 0 Å². The molecule has 1 unspecified atom stereocenters. The van der Waals surface area contributed by atoms with E-state index in [2.05, 4.69) is 12.2 Å². The summed E-state index contributed by atoms with van der Waals surface area (Å²) in [7, 11) is 3.45. The van der Waals surface area contributed by atoms with Gasteiger partial charge >= 0.3 is 0 Å². The minimum Gasteiger partial charge on any atom is -0.385 e. The average molecular weight is 299 g/mol. The van der Waals surface area contributed by atoms with Gasteiger partial charge in [0.25, 0.3) is 0 Å². The summed E-state index contributed by atoms with van der Waals surface area (Å²) in [4.78, 5) is 27.6. The number of nitrogens with one attached hydrogen (secondary N) is 1. The predicted molar refractivity (Wildman–Crippen MR) is 82.0 cm³/mol. The Labute approximate surface area is 127 Å². The fraction of sp³-hybridized carbons (Fsp3) is 0.867. The van der Waals surface area contributed by atoms with Gasteiger partial charge in [-0.1, -0.05) is 6.92 Å². The summed E-state index contributed by atoms with van der Waals surface area (Å²) in [6.45, 7) is 5.67. The summed E-state index contributed by atoms with van der Waals surface area (Å²) < 4.78 is 4.92. The number of piperidine rings is 1. The quantitative estimate of drug-likeness (QED) is 0.656. The Kier molecular flexibility index (Phi) is 8.30. The molecule has 0 aliphatic carbocycles. The number of ether oxygens (including phenoxy) is 1. The van der Waals surface area contributed by atoms with Crippen LogP contribution in [0.5, 0.6) is 0 Å². The fourth-order valence-corrected chi connectivity index (χ4v) is 2.55. The highest BCUT2D eigenvalue weighted by molar-refractivity contribution is 5.81. The van der Waals surface area contributed by atoms with E-state index >= 15 is 0 Å². The number of hydrogen-bond donors (Lipinski definition) is 1. The molecule has 1 aliphatic heterocycles. The SMILES string of the molecule is COCCCNC(=O)CN(C)CC(=O)N1CCCC(C)C1. The van der Waals surface area contributed by atoms with Gasteiger partial charge in [-0.15, -0.1) is 0 Å². The van der Waals surface area contributed by atoms with Crippen molar-refractivity contribution >= 4 is 11.8 Å². The minimum absolute atomic E-state index is 0.0478. The average Bonchev–Trinajstić information content (AvgIpc) is 2.43. The van der Waals surface area contributed by atoms with Crippen LogP contribution in [-0.2, 0) is 14.3 Å². The molecule has 6 nitrogen and oxygen atoms in total. The molecule has 1 saturated heterocycles. The lowest BCUT2D eigenvalue weighted by molar-refractivity contribution is -0.134. The zero-order valence-electron chi connectivity index (χ0n) is 13.6. The first-order valence-corrected chi connectivity index (χ1v) is 7.75. The van der Waals surface area contributed by atoms with E-state index in [0.29, 0.717) is 25.6 Å². The lowest BCUT2D eigenvalue weighted by atomic mass is 10.0. The monoisotopic (exact) mass is 299 g/mol. The lowest BCUT2D eigenvalue weighted by Gasteiger charge is -2.32. The largest absolute Gasteiger partial charge is 0.385 e. The second kappa shape index (κ2) is 9.73. The van der Waals surface area contributed by atoms with E-state index in [1.807, 2.05) is 4.90 Å². The summed E-state index contributed by atoms with van der Waals surface area (Å²) in [5.41, 5.74) is 0. The molecule has 122 valence electrons. The number of likely N-dealkylation sites (tertiary alicyclic amines) is 1. The molecule has 1 fully saturated rings. The zero-order valence-corrected chi connectivity index (χ0v) is 13.6. The van der Waals surface area contributed by atoms with Crippen LogP contribution in [0, 0.1) is 5.92 Å². The van der Waals surface area contributed by atoms with Crippen LogP contribution in [0.2, 0.25) is 0 Å². The Balaban J connectivity index is 2.21. The van der Waals surface area contributed by atoms with Gasteiger partial charge in [0.2, 0.25) is 11.8 Å². The molecule has 1 atom stereocenters. The van der Waals surface area contributed by atoms with Crippen molar-refractivity contribution in [2.45, 2.75) is 26.2 Å². The Morgan fingerprint density at radius 3 is 2.81 bits per heavy atom.